The summed E-state index contributed by atoms with van der Waals surface area (Å²) in [5.74, 6) is -0.808. The van der Waals surface area contributed by atoms with Crippen LogP contribution in [0.1, 0.15) is 49.9 Å². The Morgan fingerprint density at radius 1 is 1.11 bits per heavy atom. The number of aryl methyl sites for hydroxylation is 2. The molecular formula is C20H22ClNO5S. The largest absolute Gasteiger partial charge is 0.457 e. The van der Waals surface area contributed by atoms with Crippen LogP contribution in [0.15, 0.2) is 29.2 Å². The fourth-order valence-electron chi connectivity index (χ4n) is 3.15. The number of nitrogens with one attached hydrogen (secondary N) is 1. The SMILES string of the molecule is CNS(=O)(=O)c1ccc(Cl)c(C(=O)OCc2c(C)cc(C)c(C(C)=O)c2C)c1. The zero-order chi connectivity index (χ0) is 21.2. The van der Waals surface area contributed by atoms with Crippen molar-refractivity contribution in [2.75, 3.05) is 7.05 Å². The molecule has 0 aromatic heterocycles. The summed E-state index contributed by atoms with van der Waals surface area (Å²) >= 11 is 6.06. The molecule has 2 rings (SSSR count). The molecule has 0 radical (unpaired) electrons. The topological polar surface area (TPSA) is 89.5 Å². The molecule has 0 bridgehead atoms. The van der Waals surface area contributed by atoms with Gasteiger partial charge in [0.25, 0.3) is 0 Å². The number of benzene rings is 2. The number of Topliss-reactive ketones (excluding diaryl/α,β-unsaturated/α-hetero) is 1. The molecule has 0 aliphatic heterocycles. The Morgan fingerprint density at radius 2 is 1.75 bits per heavy atom. The number of halogens is 1. The average Bonchev–Trinajstić information content (AvgIpc) is 2.60. The summed E-state index contributed by atoms with van der Waals surface area (Å²) < 4.78 is 31.5. The van der Waals surface area contributed by atoms with Crippen molar-refractivity contribution in [1.29, 1.82) is 0 Å². The van der Waals surface area contributed by atoms with E-state index in [0.717, 1.165) is 22.3 Å². The molecule has 150 valence electrons. The number of rotatable bonds is 6. The standard InChI is InChI=1S/C20H22ClNO5S/c1-11-8-12(2)19(14(4)23)13(3)17(11)10-27-20(24)16-9-15(6-7-18(16)21)28(25,26)22-5/h6-9,22H,10H2,1-5H3. The van der Waals surface area contributed by atoms with Crippen LogP contribution >= 0.6 is 11.6 Å². The molecule has 6 nitrogen and oxygen atoms in total. The molecule has 0 aliphatic rings. The number of hydrogen-bond acceptors (Lipinski definition) is 5. The van der Waals surface area contributed by atoms with Crippen molar-refractivity contribution in [2.24, 2.45) is 0 Å². The zero-order valence-electron chi connectivity index (χ0n) is 16.3. The van der Waals surface area contributed by atoms with Gasteiger partial charge < -0.3 is 4.74 Å². The van der Waals surface area contributed by atoms with Crippen LogP contribution in [0, 0.1) is 20.8 Å². The fraction of sp³-hybridized carbons (Fsp3) is 0.300. The minimum Gasteiger partial charge on any atom is -0.457 e. The van der Waals surface area contributed by atoms with Crippen LogP contribution in [-0.2, 0) is 21.4 Å². The van der Waals surface area contributed by atoms with Crippen molar-refractivity contribution in [1.82, 2.24) is 4.72 Å². The number of ether oxygens (including phenoxy) is 1. The van der Waals surface area contributed by atoms with Gasteiger partial charge in [-0.15, -0.1) is 0 Å². The summed E-state index contributed by atoms with van der Waals surface area (Å²) in [6.45, 7) is 6.98. The van der Waals surface area contributed by atoms with Gasteiger partial charge in [-0.05, 0) is 75.2 Å². The lowest BCUT2D eigenvalue weighted by atomic mass is 9.92. The molecule has 0 aliphatic carbocycles. The van der Waals surface area contributed by atoms with Gasteiger partial charge in [0.15, 0.2) is 5.78 Å². The molecule has 0 unspecified atom stereocenters. The highest BCUT2D eigenvalue weighted by molar-refractivity contribution is 7.89. The third kappa shape index (κ3) is 4.43. The maximum absolute atomic E-state index is 12.5. The highest BCUT2D eigenvalue weighted by atomic mass is 35.5. The third-order valence-electron chi connectivity index (χ3n) is 4.57. The molecule has 0 heterocycles. The van der Waals surface area contributed by atoms with E-state index in [0.29, 0.717) is 5.56 Å². The van der Waals surface area contributed by atoms with E-state index in [9.17, 15) is 18.0 Å². The number of sulfonamides is 1. The number of carbonyl (C=O) groups is 2. The Bertz CT molecular complexity index is 1060. The first-order chi connectivity index (χ1) is 13.0. The predicted molar refractivity (Wildman–Crippen MR) is 107 cm³/mol. The van der Waals surface area contributed by atoms with Crippen molar-refractivity contribution >= 4 is 33.4 Å². The minimum atomic E-state index is -3.73. The molecule has 8 heteroatoms. The molecule has 1 N–H and O–H groups in total. The van der Waals surface area contributed by atoms with Crippen LogP contribution < -0.4 is 4.72 Å². The van der Waals surface area contributed by atoms with E-state index in [1.165, 1.54) is 32.2 Å². The molecule has 2 aromatic rings. The van der Waals surface area contributed by atoms with Gasteiger partial charge in [-0.1, -0.05) is 17.7 Å². The third-order valence-corrected chi connectivity index (χ3v) is 6.31. The van der Waals surface area contributed by atoms with Gasteiger partial charge >= 0.3 is 5.97 Å². The van der Waals surface area contributed by atoms with Crippen LogP contribution in [0.5, 0.6) is 0 Å². The van der Waals surface area contributed by atoms with Crippen molar-refractivity contribution in [3.8, 4) is 0 Å². The van der Waals surface area contributed by atoms with Crippen LogP contribution in [0.4, 0.5) is 0 Å². The average molecular weight is 424 g/mol. The Morgan fingerprint density at radius 3 is 2.32 bits per heavy atom. The van der Waals surface area contributed by atoms with Crippen LogP contribution in [-0.4, -0.2) is 27.2 Å². The minimum absolute atomic E-state index is 0.0489. The van der Waals surface area contributed by atoms with E-state index >= 15 is 0 Å². The summed E-state index contributed by atoms with van der Waals surface area (Å²) in [5, 5.41) is 0.0850. The first kappa shape index (κ1) is 22.1. The normalized spacial score (nSPS) is 11.4. The maximum Gasteiger partial charge on any atom is 0.340 e. The molecule has 0 spiro atoms. The predicted octanol–water partition coefficient (Wildman–Crippen LogP) is 3.73. The van der Waals surface area contributed by atoms with Gasteiger partial charge in [-0.25, -0.2) is 17.9 Å². The highest BCUT2D eigenvalue weighted by Gasteiger charge is 2.20. The Kier molecular flexibility index (Phi) is 6.64. The van der Waals surface area contributed by atoms with E-state index in [1.54, 1.807) is 0 Å². The summed E-state index contributed by atoms with van der Waals surface area (Å²) in [5.41, 5.74) is 3.81. The van der Waals surface area contributed by atoms with Gasteiger partial charge in [-0.2, -0.15) is 0 Å². The van der Waals surface area contributed by atoms with Gasteiger partial charge in [0, 0.05) is 5.56 Å². The molecule has 0 atom stereocenters. The van der Waals surface area contributed by atoms with Crippen molar-refractivity contribution < 1.29 is 22.7 Å². The summed E-state index contributed by atoms with van der Waals surface area (Å²) in [6, 6.07) is 5.68. The first-order valence-corrected chi connectivity index (χ1v) is 10.4. The number of ketones is 1. The lowest BCUT2D eigenvalue weighted by Gasteiger charge is -2.16. The fourth-order valence-corrected chi connectivity index (χ4v) is 4.10. The van der Waals surface area contributed by atoms with Crippen molar-refractivity contribution in [3.05, 3.63) is 62.7 Å². The van der Waals surface area contributed by atoms with E-state index < -0.39 is 16.0 Å². The van der Waals surface area contributed by atoms with Gasteiger partial charge in [0.05, 0.1) is 15.5 Å². The van der Waals surface area contributed by atoms with E-state index in [-0.39, 0.29) is 27.9 Å². The Balaban J connectivity index is 2.35. The zero-order valence-corrected chi connectivity index (χ0v) is 17.9. The molecule has 28 heavy (non-hydrogen) atoms. The lowest BCUT2D eigenvalue weighted by Crippen LogP contribution is -2.19. The second-order valence-electron chi connectivity index (χ2n) is 6.47. The van der Waals surface area contributed by atoms with Crippen LogP contribution in [0.2, 0.25) is 5.02 Å². The maximum atomic E-state index is 12.5. The quantitative estimate of drug-likeness (QED) is 0.564. The molecular weight excluding hydrogens is 402 g/mol. The highest BCUT2D eigenvalue weighted by Crippen LogP contribution is 2.25. The summed E-state index contributed by atoms with van der Waals surface area (Å²) in [6.07, 6.45) is 0. The Hall–Kier alpha value is -2.22. The van der Waals surface area contributed by atoms with Gasteiger partial charge in [0.2, 0.25) is 10.0 Å². The number of carbonyl (C=O) groups excluding carboxylic acids is 2. The van der Waals surface area contributed by atoms with Gasteiger partial charge in [-0.3, -0.25) is 4.79 Å². The van der Waals surface area contributed by atoms with Crippen molar-refractivity contribution in [2.45, 2.75) is 39.2 Å². The van der Waals surface area contributed by atoms with E-state index in [1.807, 2.05) is 26.8 Å². The van der Waals surface area contributed by atoms with Crippen molar-refractivity contribution in [3.63, 3.8) is 0 Å². The molecule has 0 saturated carbocycles. The van der Waals surface area contributed by atoms with E-state index in [4.69, 9.17) is 16.3 Å². The second-order valence-corrected chi connectivity index (χ2v) is 8.76. The van der Waals surface area contributed by atoms with Crippen LogP contribution in [0.3, 0.4) is 0 Å². The summed E-state index contributed by atoms with van der Waals surface area (Å²) in [4.78, 5) is 24.4. The number of esters is 1. The van der Waals surface area contributed by atoms with E-state index in [2.05, 4.69) is 4.72 Å². The monoisotopic (exact) mass is 423 g/mol. The van der Waals surface area contributed by atoms with Crippen LogP contribution in [0.25, 0.3) is 0 Å². The number of hydrogen-bond donors (Lipinski definition) is 1. The molecule has 0 fully saturated rings. The smallest absolute Gasteiger partial charge is 0.340 e. The molecule has 2 aromatic carbocycles. The first-order valence-electron chi connectivity index (χ1n) is 8.50. The summed E-state index contributed by atoms with van der Waals surface area (Å²) in [7, 11) is -2.45. The Labute approximate surface area is 169 Å². The molecule has 0 amide bonds. The second kappa shape index (κ2) is 8.43. The van der Waals surface area contributed by atoms with Gasteiger partial charge in [0.1, 0.15) is 6.61 Å². The molecule has 0 saturated heterocycles. The lowest BCUT2D eigenvalue weighted by molar-refractivity contribution is 0.0471.